The number of aromatic nitrogens is 4. The molecule has 8 nitrogen and oxygen atoms in total. The number of fused-ring (bicyclic) bond motifs is 2. The van der Waals surface area contributed by atoms with Crippen molar-refractivity contribution in [1.82, 2.24) is 19.5 Å². The van der Waals surface area contributed by atoms with E-state index in [1.807, 2.05) is 53.1 Å². The molecular weight excluding hydrogens is 497 g/mol. The molecule has 11 heteroatoms. The number of halogens is 3. The van der Waals surface area contributed by atoms with Gasteiger partial charge in [-0.3, -0.25) is 4.57 Å². The molecule has 0 unspecified atom stereocenters. The second kappa shape index (κ2) is 9.58. The van der Waals surface area contributed by atoms with E-state index in [0.29, 0.717) is 46.5 Å². The van der Waals surface area contributed by atoms with E-state index < -0.39 is 11.7 Å². The van der Waals surface area contributed by atoms with Gasteiger partial charge in [0.2, 0.25) is 12.7 Å². The molecule has 1 aliphatic rings. The Morgan fingerprint density at radius 1 is 0.816 bits per heavy atom. The van der Waals surface area contributed by atoms with Crippen LogP contribution in [0.15, 0.2) is 79.1 Å². The monoisotopic (exact) mass is 518 g/mol. The van der Waals surface area contributed by atoms with Crippen molar-refractivity contribution >= 4 is 22.9 Å². The highest BCUT2D eigenvalue weighted by molar-refractivity contribution is 5.85. The summed E-state index contributed by atoms with van der Waals surface area (Å²) in [5.41, 5.74) is 2.60. The highest BCUT2D eigenvalue weighted by Gasteiger charge is 2.30. The first-order valence-corrected chi connectivity index (χ1v) is 11.8. The molecule has 1 aliphatic heterocycles. The normalized spacial score (nSPS) is 12.6. The second-order valence-electron chi connectivity index (χ2n) is 8.61. The molecule has 192 valence electrons. The molecular formula is C27H21F3N6O2. The maximum Gasteiger partial charge on any atom is 0.416 e. The Hall–Kier alpha value is -4.80. The fourth-order valence-corrected chi connectivity index (χ4v) is 4.16. The quantitative estimate of drug-likeness (QED) is 0.282. The number of nitrogens with one attached hydrogen (secondary N) is 2. The molecule has 0 fully saturated rings. The smallest absolute Gasteiger partial charge is 0.416 e. The third-order valence-electron chi connectivity index (χ3n) is 6.03. The summed E-state index contributed by atoms with van der Waals surface area (Å²) >= 11 is 0. The van der Waals surface area contributed by atoms with Gasteiger partial charge in [-0.15, -0.1) is 0 Å². The molecule has 0 saturated heterocycles. The molecule has 0 spiro atoms. The van der Waals surface area contributed by atoms with Gasteiger partial charge in [0.25, 0.3) is 0 Å². The van der Waals surface area contributed by atoms with Crippen LogP contribution in [0.1, 0.15) is 16.7 Å². The molecule has 38 heavy (non-hydrogen) atoms. The van der Waals surface area contributed by atoms with Crippen LogP contribution in [-0.2, 0) is 19.3 Å². The van der Waals surface area contributed by atoms with Crippen molar-refractivity contribution in [3.05, 3.63) is 95.8 Å². The maximum absolute atomic E-state index is 13.2. The zero-order valence-electron chi connectivity index (χ0n) is 19.9. The first kappa shape index (κ1) is 23.6. The number of rotatable bonds is 7. The van der Waals surface area contributed by atoms with Crippen LogP contribution in [0.5, 0.6) is 11.5 Å². The number of anilines is 2. The Morgan fingerprint density at radius 3 is 2.45 bits per heavy atom. The van der Waals surface area contributed by atoms with Gasteiger partial charge in [0.1, 0.15) is 6.33 Å². The SMILES string of the molecule is FC(F)(F)c1cccc(CNc2nc(NCc3ccc4c(c3)OCO4)nc3c2ncn3-c2ccccc2)c1. The summed E-state index contributed by atoms with van der Waals surface area (Å²) in [7, 11) is 0. The summed E-state index contributed by atoms with van der Waals surface area (Å²) in [5, 5.41) is 6.38. The largest absolute Gasteiger partial charge is 0.454 e. The van der Waals surface area contributed by atoms with Crippen molar-refractivity contribution in [3.63, 3.8) is 0 Å². The van der Waals surface area contributed by atoms with Gasteiger partial charge in [-0.2, -0.15) is 23.1 Å². The molecule has 5 aromatic rings. The fraction of sp³-hybridized carbons (Fsp3) is 0.148. The Morgan fingerprint density at radius 2 is 1.61 bits per heavy atom. The average molecular weight is 518 g/mol. The zero-order chi connectivity index (χ0) is 26.1. The lowest BCUT2D eigenvalue weighted by Crippen LogP contribution is -2.10. The maximum atomic E-state index is 13.2. The zero-order valence-corrected chi connectivity index (χ0v) is 19.9. The minimum absolute atomic E-state index is 0.121. The molecule has 3 heterocycles. The number of ether oxygens (including phenoxy) is 2. The first-order chi connectivity index (χ1) is 18.4. The van der Waals surface area contributed by atoms with Crippen LogP contribution in [0.25, 0.3) is 16.9 Å². The molecule has 0 radical (unpaired) electrons. The minimum atomic E-state index is -4.42. The van der Waals surface area contributed by atoms with Crippen molar-refractivity contribution in [1.29, 1.82) is 0 Å². The summed E-state index contributed by atoms with van der Waals surface area (Å²) in [6.45, 7) is 0.723. The molecule has 0 saturated carbocycles. The Bertz CT molecular complexity index is 1600. The Labute approximate surface area is 215 Å². The van der Waals surface area contributed by atoms with E-state index in [-0.39, 0.29) is 13.3 Å². The lowest BCUT2D eigenvalue weighted by atomic mass is 10.1. The van der Waals surface area contributed by atoms with Crippen LogP contribution >= 0.6 is 0 Å². The molecule has 0 amide bonds. The van der Waals surface area contributed by atoms with E-state index >= 15 is 0 Å². The van der Waals surface area contributed by atoms with Gasteiger partial charge in [-0.05, 0) is 47.5 Å². The molecule has 2 aromatic heterocycles. The van der Waals surface area contributed by atoms with Gasteiger partial charge in [0.05, 0.1) is 5.56 Å². The lowest BCUT2D eigenvalue weighted by Gasteiger charge is -2.12. The van der Waals surface area contributed by atoms with Gasteiger partial charge in [-0.1, -0.05) is 36.4 Å². The number of benzene rings is 3. The highest BCUT2D eigenvalue weighted by Crippen LogP contribution is 2.33. The van der Waals surface area contributed by atoms with E-state index in [2.05, 4.69) is 20.6 Å². The lowest BCUT2D eigenvalue weighted by molar-refractivity contribution is -0.137. The standard InChI is InChI=1S/C27H21F3N6O2/c28-27(29,30)19-6-4-5-17(11-19)13-31-24-23-25(36(15-33-23)20-7-2-1-3-8-20)35-26(34-24)32-14-18-9-10-21-22(12-18)38-16-37-21/h1-12,15H,13-14,16H2,(H2,31,32,34,35). The molecule has 0 bridgehead atoms. The van der Waals surface area contributed by atoms with Gasteiger partial charge in [0.15, 0.2) is 28.5 Å². The predicted octanol–water partition coefficient (Wildman–Crippen LogP) is 5.79. The summed E-state index contributed by atoms with van der Waals surface area (Å²) in [5.74, 6) is 2.10. The number of nitrogens with zero attached hydrogens (tertiary/aromatic N) is 4. The van der Waals surface area contributed by atoms with Gasteiger partial charge in [-0.25, -0.2) is 4.98 Å². The van der Waals surface area contributed by atoms with E-state index in [4.69, 9.17) is 14.5 Å². The third kappa shape index (κ3) is 4.77. The van der Waals surface area contributed by atoms with E-state index in [1.165, 1.54) is 6.07 Å². The summed E-state index contributed by atoms with van der Waals surface area (Å²) < 4.78 is 52.2. The van der Waals surface area contributed by atoms with E-state index in [0.717, 1.165) is 23.4 Å². The summed E-state index contributed by atoms with van der Waals surface area (Å²) in [6.07, 6.45) is -2.77. The van der Waals surface area contributed by atoms with Crippen molar-refractivity contribution in [2.45, 2.75) is 19.3 Å². The van der Waals surface area contributed by atoms with E-state index in [1.54, 1.807) is 12.4 Å². The van der Waals surface area contributed by atoms with Gasteiger partial charge >= 0.3 is 6.18 Å². The van der Waals surface area contributed by atoms with Crippen LogP contribution < -0.4 is 20.1 Å². The van der Waals surface area contributed by atoms with Crippen LogP contribution in [0.2, 0.25) is 0 Å². The van der Waals surface area contributed by atoms with Crippen molar-refractivity contribution < 1.29 is 22.6 Å². The topological polar surface area (TPSA) is 86.1 Å². The molecule has 0 atom stereocenters. The van der Waals surface area contributed by atoms with Crippen molar-refractivity contribution in [2.24, 2.45) is 0 Å². The van der Waals surface area contributed by atoms with Crippen LogP contribution in [-0.4, -0.2) is 26.3 Å². The van der Waals surface area contributed by atoms with E-state index in [9.17, 15) is 13.2 Å². The summed E-state index contributed by atoms with van der Waals surface area (Å²) in [4.78, 5) is 13.8. The van der Waals surface area contributed by atoms with Gasteiger partial charge in [0, 0.05) is 18.8 Å². The number of alkyl halides is 3. The van der Waals surface area contributed by atoms with Crippen LogP contribution in [0.4, 0.5) is 24.9 Å². The molecule has 6 rings (SSSR count). The van der Waals surface area contributed by atoms with Crippen LogP contribution in [0, 0.1) is 0 Å². The van der Waals surface area contributed by atoms with Crippen molar-refractivity contribution in [2.75, 3.05) is 17.4 Å². The average Bonchev–Trinajstić information content (AvgIpc) is 3.57. The molecule has 2 N–H and O–H groups in total. The first-order valence-electron chi connectivity index (χ1n) is 11.8. The Balaban J connectivity index is 1.32. The predicted molar refractivity (Wildman–Crippen MR) is 135 cm³/mol. The highest BCUT2D eigenvalue weighted by atomic mass is 19.4. The number of hydrogen-bond acceptors (Lipinski definition) is 7. The minimum Gasteiger partial charge on any atom is -0.454 e. The molecule has 3 aromatic carbocycles. The summed E-state index contributed by atoms with van der Waals surface area (Å²) in [6, 6.07) is 20.4. The third-order valence-corrected chi connectivity index (χ3v) is 6.03. The van der Waals surface area contributed by atoms with Gasteiger partial charge < -0.3 is 20.1 Å². The fourth-order valence-electron chi connectivity index (χ4n) is 4.16. The Kier molecular flexibility index (Phi) is 5.95. The van der Waals surface area contributed by atoms with Crippen molar-refractivity contribution in [3.8, 4) is 17.2 Å². The second-order valence-corrected chi connectivity index (χ2v) is 8.61. The number of para-hydroxylation sites is 1. The van der Waals surface area contributed by atoms with Crippen LogP contribution in [0.3, 0.4) is 0 Å². The number of imidazole rings is 1. The number of hydrogen-bond donors (Lipinski definition) is 2. The molecule has 0 aliphatic carbocycles.